The Balaban J connectivity index is 2.89. The molecule has 0 heterocycles. The number of rotatable bonds is 5. The van der Waals surface area contributed by atoms with E-state index in [1.807, 2.05) is 13.8 Å². The molecule has 2 N–H and O–H groups in total. The second-order valence-electron chi connectivity index (χ2n) is 5.80. The van der Waals surface area contributed by atoms with Crippen molar-refractivity contribution in [3.63, 3.8) is 0 Å². The van der Waals surface area contributed by atoms with Gasteiger partial charge in [0.15, 0.2) is 0 Å². The molecule has 0 aromatic rings. The van der Waals surface area contributed by atoms with E-state index in [9.17, 15) is 14.9 Å². The first kappa shape index (κ1) is 15.5. The van der Waals surface area contributed by atoms with Crippen LogP contribution in [0.5, 0.6) is 0 Å². The van der Waals surface area contributed by atoms with Gasteiger partial charge in [0.2, 0.25) is 11.8 Å². The maximum atomic E-state index is 12.6. The predicted octanol–water partition coefficient (Wildman–Crippen LogP) is 1.43. The van der Waals surface area contributed by atoms with Crippen LogP contribution in [0.3, 0.4) is 0 Å². The lowest BCUT2D eigenvalue weighted by Gasteiger charge is -2.35. The number of nitrogens with two attached hydrogens (primary N) is 1. The highest BCUT2D eigenvalue weighted by Crippen LogP contribution is 2.37. The molecule has 1 rings (SSSR count). The Morgan fingerprint density at radius 3 is 2.32 bits per heavy atom. The average Bonchev–Trinajstić information content (AvgIpc) is 2.36. The topological polar surface area (TPSA) is 87.2 Å². The third-order valence-electron chi connectivity index (χ3n) is 3.55. The van der Waals surface area contributed by atoms with Gasteiger partial charge in [0.05, 0.1) is 12.6 Å². The minimum atomic E-state index is -0.942. The third-order valence-corrected chi connectivity index (χ3v) is 3.55. The summed E-state index contributed by atoms with van der Waals surface area (Å²) in [4.78, 5) is 25.2. The van der Waals surface area contributed by atoms with E-state index in [0.717, 1.165) is 19.3 Å². The highest BCUT2D eigenvalue weighted by atomic mass is 16.2. The van der Waals surface area contributed by atoms with Crippen LogP contribution in [0.25, 0.3) is 0 Å². The average molecular weight is 265 g/mol. The summed E-state index contributed by atoms with van der Waals surface area (Å²) in [6, 6.07) is 2.20. The molecule has 0 bridgehead atoms. The Morgan fingerprint density at radius 1 is 1.32 bits per heavy atom. The third kappa shape index (κ3) is 3.95. The summed E-state index contributed by atoms with van der Waals surface area (Å²) in [6.45, 7) is 4.31. The first-order chi connectivity index (χ1) is 8.91. The highest BCUT2D eigenvalue weighted by molar-refractivity contribution is 5.89. The Labute approximate surface area is 114 Å². The SMILES string of the molecule is CC(C)CN(CC(N)=O)C(=O)C1(C#N)CCCCC1. The molecule has 1 fully saturated rings. The highest BCUT2D eigenvalue weighted by Gasteiger charge is 2.42. The van der Waals surface area contributed by atoms with Gasteiger partial charge >= 0.3 is 0 Å². The molecule has 0 aliphatic heterocycles. The number of nitriles is 1. The van der Waals surface area contributed by atoms with Crippen molar-refractivity contribution in [3.05, 3.63) is 0 Å². The van der Waals surface area contributed by atoms with E-state index in [2.05, 4.69) is 6.07 Å². The quantitative estimate of drug-likeness (QED) is 0.815. The second-order valence-corrected chi connectivity index (χ2v) is 5.80. The minimum absolute atomic E-state index is 0.0968. The molecule has 1 aliphatic rings. The van der Waals surface area contributed by atoms with Crippen molar-refractivity contribution in [1.82, 2.24) is 4.90 Å². The van der Waals surface area contributed by atoms with Crippen LogP contribution >= 0.6 is 0 Å². The first-order valence-electron chi connectivity index (χ1n) is 6.90. The molecule has 0 saturated heterocycles. The van der Waals surface area contributed by atoms with Crippen molar-refractivity contribution in [2.24, 2.45) is 17.1 Å². The standard InChI is InChI=1S/C14H23N3O2/c1-11(2)8-17(9-12(16)18)13(19)14(10-15)6-4-3-5-7-14/h11H,3-9H2,1-2H3,(H2,16,18). The molecule has 1 aliphatic carbocycles. The van der Waals surface area contributed by atoms with Gasteiger partial charge in [-0.3, -0.25) is 9.59 Å². The fraction of sp³-hybridized carbons (Fsp3) is 0.786. The van der Waals surface area contributed by atoms with Gasteiger partial charge in [-0.05, 0) is 18.8 Å². The summed E-state index contributed by atoms with van der Waals surface area (Å²) in [5, 5.41) is 9.42. The molecule has 5 heteroatoms. The van der Waals surface area contributed by atoms with Crippen molar-refractivity contribution >= 4 is 11.8 Å². The number of carbonyl (C=O) groups excluding carboxylic acids is 2. The summed E-state index contributed by atoms with van der Waals surface area (Å²) in [6.07, 6.45) is 4.04. The lowest BCUT2D eigenvalue weighted by Crippen LogP contribution is -2.48. The summed E-state index contributed by atoms with van der Waals surface area (Å²) in [5.41, 5.74) is 4.26. The van der Waals surface area contributed by atoms with E-state index in [4.69, 9.17) is 5.73 Å². The van der Waals surface area contributed by atoms with Gasteiger partial charge in [0.1, 0.15) is 5.41 Å². The predicted molar refractivity (Wildman–Crippen MR) is 71.7 cm³/mol. The van der Waals surface area contributed by atoms with E-state index in [-0.39, 0.29) is 18.4 Å². The van der Waals surface area contributed by atoms with Gasteiger partial charge in [0.25, 0.3) is 0 Å². The molecule has 0 aromatic heterocycles. The van der Waals surface area contributed by atoms with E-state index in [1.165, 1.54) is 4.90 Å². The number of amides is 2. The molecular weight excluding hydrogens is 242 g/mol. The number of hydrogen-bond acceptors (Lipinski definition) is 3. The summed E-state index contributed by atoms with van der Waals surface area (Å²) in [5.74, 6) is -0.511. The zero-order valence-electron chi connectivity index (χ0n) is 11.8. The molecule has 5 nitrogen and oxygen atoms in total. The van der Waals surface area contributed by atoms with Crippen LogP contribution in [-0.2, 0) is 9.59 Å². The summed E-state index contributed by atoms with van der Waals surface area (Å²) >= 11 is 0. The van der Waals surface area contributed by atoms with Crippen LogP contribution in [0.2, 0.25) is 0 Å². The molecule has 2 amide bonds. The second kappa shape index (κ2) is 6.55. The molecule has 0 atom stereocenters. The van der Waals surface area contributed by atoms with Crippen molar-refractivity contribution < 1.29 is 9.59 Å². The van der Waals surface area contributed by atoms with Gasteiger partial charge in [-0.2, -0.15) is 5.26 Å². The van der Waals surface area contributed by atoms with Crippen molar-refractivity contribution in [2.45, 2.75) is 46.0 Å². The Bertz CT molecular complexity index is 379. The van der Waals surface area contributed by atoms with Gasteiger partial charge in [-0.15, -0.1) is 0 Å². The molecular formula is C14H23N3O2. The molecule has 0 radical (unpaired) electrons. The number of hydrogen-bond donors (Lipinski definition) is 1. The zero-order valence-corrected chi connectivity index (χ0v) is 11.8. The largest absolute Gasteiger partial charge is 0.368 e. The summed E-state index contributed by atoms with van der Waals surface area (Å²) in [7, 11) is 0. The van der Waals surface area contributed by atoms with Gasteiger partial charge in [0, 0.05) is 6.54 Å². The van der Waals surface area contributed by atoms with Gasteiger partial charge in [-0.1, -0.05) is 33.1 Å². The van der Waals surface area contributed by atoms with Gasteiger partial charge in [-0.25, -0.2) is 0 Å². The Kier molecular flexibility index (Phi) is 5.34. The molecule has 19 heavy (non-hydrogen) atoms. The van der Waals surface area contributed by atoms with Crippen LogP contribution in [0.15, 0.2) is 0 Å². The molecule has 0 unspecified atom stereocenters. The number of primary amides is 1. The van der Waals surface area contributed by atoms with Crippen molar-refractivity contribution in [2.75, 3.05) is 13.1 Å². The van der Waals surface area contributed by atoms with Crippen LogP contribution in [0.4, 0.5) is 0 Å². The fourth-order valence-electron chi connectivity index (χ4n) is 2.68. The lowest BCUT2D eigenvalue weighted by atomic mass is 9.74. The molecule has 106 valence electrons. The smallest absolute Gasteiger partial charge is 0.243 e. The first-order valence-corrected chi connectivity index (χ1v) is 6.90. The van der Waals surface area contributed by atoms with E-state index in [1.54, 1.807) is 0 Å². The van der Waals surface area contributed by atoms with Crippen LogP contribution < -0.4 is 5.73 Å². The maximum Gasteiger partial charge on any atom is 0.243 e. The Hall–Kier alpha value is -1.57. The van der Waals surface area contributed by atoms with Gasteiger partial charge < -0.3 is 10.6 Å². The molecule has 0 aromatic carbocycles. The van der Waals surface area contributed by atoms with E-state index < -0.39 is 11.3 Å². The monoisotopic (exact) mass is 265 g/mol. The molecule has 0 spiro atoms. The van der Waals surface area contributed by atoms with Crippen LogP contribution in [0, 0.1) is 22.7 Å². The van der Waals surface area contributed by atoms with Crippen molar-refractivity contribution in [1.29, 1.82) is 5.26 Å². The Morgan fingerprint density at radius 2 is 1.89 bits per heavy atom. The van der Waals surface area contributed by atoms with Crippen LogP contribution in [-0.4, -0.2) is 29.8 Å². The zero-order chi connectivity index (χ0) is 14.5. The fourth-order valence-corrected chi connectivity index (χ4v) is 2.68. The molecule has 1 saturated carbocycles. The number of nitrogens with zero attached hydrogens (tertiary/aromatic N) is 2. The summed E-state index contributed by atoms with van der Waals surface area (Å²) < 4.78 is 0. The minimum Gasteiger partial charge on any atom is -0.368 e. The number of carbonyl (C=O) groups is 2. The van der Waals surface area contributed by atoms with Crippen LogP contribution in [0.1, 0.15) is 46.0 Å². The maximum absolute atomic E-state index is 12.6. The normalized spacial score (nSPS) is 17.8. The lowest BCUT2D eigenvalue weighted by molar-refractivity contribution is -0.143. The van der Waals surface area contributed by atoms with E-state index >= 15 is 0 Å². The van der Waals surface area contributed by atoms with E-state index in [0.29, 0.717) is 19.4 Å². The van der Waals surface area contributed by atoms with Crippen molar-refractivity contribution in [3.8, 4) is 6.07 Å².